The molecule has 0 saturated heterocycles. The van der Waals surface area contributed by atoms with Crippen LogP contribution in [0.15, 0.2) is 42.5 Å². The van der Waals surface area contributed by atoms with Gasteiger partial charge in [-0.05, 0) is 34.5 Å². The molecule has 1 N–H and O–H groups in total. The third-order valence-electron chi connectivity index (χ3n) is 2.53. The Morgan fingerprint density at radius 2 is 2.12 bits per heavy atom. The molecule has 0 bridgehead atoms. The molecule has 0 amide bonds. The van der Waals surface area contributed by atoms with Gasteiger partial charge in [-0.3, -0.25) is 0 Å². The Balaban J connectivity index is 2.58. The molecular formula is C14H12O3. The van der Waals surface area contributed by atoms with Gasteiger partial charge in [0.25, 0.3) is 0 Å². The second kappa shape index (κ2) is 4.70. The number of carboxylic acids is 1. The molecule has 0 fully saturated rings. The van der Waals surface area contributed by atoms with Crippen LogP contribution in [0.1, 0.15) is 5.56 Å². The van der Waals surface area contributed by atoms with Crippen molar-refractivity contribution in [2.75, 3.05) is 7.11 Å². The molecule has 0 aromatic heterocycles. The summed E-state index contributed by atoms with van der Waals surface area (Å²) in [5, 5.41) is 10.7. The van der Waals surface area contributed by atoms with Crippen LogP contribution in [-0.4, -0.2) is 18.2 Å². The van der Waals surface area contributed by atoms with Crippen molar-refractivity contribution in [3.63, 3.8) is 0 Å². The molecule has 86 valence electrons. The lowest BCUT2D eigenvalue weighted by atomic mass is 10.0. The molecule has 0 aliphatic carbocycles. The molecule has 0 unspecified atom stereocenters. The van der Waals surface area contributed by atoms with E-state index in [2.05, 4.69) is 0 Å². The van der Waals surface area contributed by atoms with Crippen LogP contribution in [0.2, 0.25) is 0 Å². The van der Waals surface area contributed by atoms with Gasteiger partial charge in [-0.2, -0.15) is 0 Å². The van der Waals surface area contributed by atoms with Crippen molar-refractivity contribution in [2.24, 2.45) is 0 Å². The van der Waals surface area contributed by atoms with Crippen molar-refractivity contribution in [3.05, 3.63) is 48.0 Å². The fourth-order valence-corrected chi connectivity index (χ4v) is 1.71. The van der Waals surface area contributed by atoms with Crippen molar-refractivity contribution in [3.8, 4) is 5.75 Å². The van der Waals surface area contributed by atoms with Crippen LogP contribution >= 0.6 is 0 Å². The first kappa shape index (κ1) is 11.2. The third-order valence-corrected chi connectivity index (χ3v) is 2.53. The van der Waals surface area contributed by atoms with Crippen LogP contribution in [0.4, 0.5) is 0 Å². The molecule has 0 saturated carbocycles. The molecule has 0 spiro atoms. The number of rotatable bonds is 3. The lowest BCUT2D eigenvalue weighted by Crippen LogP contribution is -1.87. The van der Waals surface area contributed by atoms with E-state index in [0.717, 1.165) is 28.2 Å². The second-order valence-corrected chi connectivity index (χ2v) is 3.61. The van der Waals surface area contributed by atoms with Crippen LogP contribution in [0, 0.1) is 0 Å². The van der Waals surface area contributed by atoms with Crippen LogP contribution in [-0.2, 0) is 4.79 Å². The molecule has 0 radical (unpaired) electrons. The normalized spacial score (nSPS) is 10.9. The minimum atomic E-state index is -0.954. The van der Waals surface area contributed by atoms with Gasteiger partial charge in [0.05, 0.1) is 7.11 Å². The van der Waals surface area contributed by atoms with Gasteiger partial charge in [-0.15, -0.1) is 0 Å². The Kier molecular flexibility index (Phi) is 3.10. The van der Waals surface area contributed by atoms with E-state index in [9.17, 15) is 4.79 Å². The van der Waals surface area contributed by atoms with Gasteiger partial charge in [-0.1, -0.05) is 24.3 Å². The smallest absolute Gasteiger partial charge is 0.328 e. The first-order valence-corrected chi connectivity index (χ1v) is 5.18. The number of carbonyl (C=O) groups is 1. The van der Waals surface area contributed by atoms with E-state index in [4.69, 9.17) is 9.84 Å². The average Bonchev–Trinajstić information content (AvgIpc) is 2.35. The van der Waals surface area contributed by atoms with Crippen LogP contribution < -0.4 is 4.74 Å². The zero-order chi connectivity index (χ0) is 12.3. The lowest BCUT2D eigenvalue weighted by molar-refractivity contribution is -0.131. The lowest BCUT2D eigenvalue weighted by Gasteiger charge is -2.05. The highest BCUT2D eigenvalue weighted by Crippen LogP contribution is 2.24. The summed E-state index contributed by atoms with van der Waals surface area (Å²) >= 11 is 0. The molecule has 3 heteroatoms. The molecule has 0 aliphatic rings. The SMILES string of the molecule is COc1ccc2cccc(/C=C/C(=O)O)c2c1. The summed E-state index contributed by atoms with van der Waals surface area (Å²) in [6.07, 6.45) is 2.72. The van der Waals surface area contributed by atoms with Crippen molar-refractivity contribution in [1.82, 2.24) is 0 Å². The number of methoxy groups -OCH3 is 1. The largest absolute Gasteiger partial charge is 0.497 e. The number of hydrogen-bond donors (Lipinski definition) is 1. The Bertz CT molecular complexity index is 585. The summed E-state index contributed by atoms with van der Waals surface area (Å²) in [7, 11) is 1.61. The summed E-state index contributed by atoms with van der Waals surface area (Å²) in [5.74, 6) is -0.196. The molecule has 0 heterocycles. The van der Waals surface area contributed by atoms with Crippen LogP contribution in [0.5, 0.6) is 5.75 Å². The summed E-state index contributed by atoms with van der Waals surface area (Å²) < 4.78 is 5.16. The molecule has 17 heavy (non-hydrogen) atoms. The molecule has 3 nitrogen and oxygen atoms in total. The Morgan fingerprint density at radius 3 is 2.82 bits per heavy atom. The first-order valence-electron chi connectivity index (χ1n) is 5.18. The maximum atomic E-state index is 10.5. The maximum Gasteiger partial charge on any atom is 0.328 e. The highest BCUT2D eigenvalue weighted by atomic mass is 16.5. The predicted octanol–water partition coefficient (Wildman–Crippen LogP) is 2.95. The average molecular weight is 228 g/mol. The van der Waals surface area contributed by atoms with E-state index in [-0.39, 0.29) is 0 Å². The van der Waals surface area contributed by atoms with Gasteiger partial charge in [0.15, 0.2) is 0 Å². The summed E-state index contributed by atoms with van der Waals surface area (Å²) in [6, 6.07) is 11.5. The van der Waals surface area contributed by atoms with Gasteiger partial charge in [0.2, 0.25) is 0 Å². The van der Waals surface area contributed by atoms with Crippen molar-refractivity contribution in [2.45, 2.75) is 0 Å². The second-order valence-electron chi connectivity index (χ2n) is 3.61. The topological polar surface area (TPSA) is 46.5 Å². The van der Waals surface area contributed by atoms with Crippen molar-refractivity contribution in [1.29, 1.82) is 0 Å². The molecular weight excluding hydrogens is 216 g/mol. The summed E-state index contributed by atoms with van der Waals surface area (Å²) in [6.45, 7) is 0. The molecule has 2 aromatic rings. The Hall–Kier alpha value is -2.29. The van der Waals surface area contributed by atoms with Gasteiger partial charge in [-0.25, -0.2) is 4.79 Å². The minimum Gasteiger partial charge on any atom is -0.497 e. The molecule has 0 atom stereocenters. The number of hydrogen-bond acceptors (Lipinski definition) is 2. The zero-order valence-electron chi connectivity index (χ0n) is 9.38. The van der Waals surface area contributed by atoms with Crippen molar-refractivity contribution >= 4 is 22.8 Å². The van der Waals surface area contributed by atoms with Crippen molar-refractivity contribution < 1.29 is 14.6 Å². The first-order chi connectivity index (χ1) is 8.20. The zero-order valence-corrected chi connectivity index (χ0v) is 9.38. The summed E-state index contributed by atoms with van der Waals surface area (Å²) in [5.41, 5.74) is 0.865. The minimum absolute atomic E-state index is 0.758. The number of aliphatic carboxylic acids is 1. The predicted molar refractivity (Wildman–Crippen MR) is 67.2 cm³/mol. The van der Waals surface area contributed by atoms with E-state index in [1.807, 2.05) is 36.4 Å². The molecule has 2 aromatic carbocycles. The standard InChI is InChI=1S/C14H12O3/c1-17-12-7-5-10-3-2-4-11(13(10)9-12)6-8-14(15)16/h2-9H,1H3,(H,15,16)/b8-6+. The Labute approximate surface area is 99.0 Å². The quantitative estimate of drug-likeness (QED) is 0.821. The monoisotopic (exact) mass is 228 g/mol. The number of benzene rings is 2. The Morgan fingerprint density at radius 1 is 1.29 bits per heavy atom. The fourth-order valence-electron chi connectivity index (χ4n) is 1.71. The summed E-state index contributed by atoms with van der Waals surface area (Å²) in [4.78, 5) is 10.5. The van der Waals surface area contributed by atoms with E-state index in [1.165, 1.54) is 0 Å². The number of fused-ring (bicyclic) bond motifs is 1. The number of ether oxygens (including phenoxy) is 1. The molecule has 2 rings (SSSR count). The van der Waals surface area contributed by atoms with Gasteiger partial charge in [0, 0.05) is 6.08 Å². The molecule has 0 aliphatic heterocycles. The highest BCUT2D eigenvalue weighted by molar-refractivity contribution is 5.94. The van der Waals surface area contributed by atoms with Gasteiger partial charge < -0.3 is 9.84 Å². The van der Waals surface area contributed by atoms with E-state index < -0.39 is 5.97 Å². The fraction of sp³-hybridized carbons (Fsp3) is 0.0714. The van der Waals surface area contributed by atoms with Gasteiger partial charge >= 0.3 is 5.97 Å². The van der Waals surface area contributed by atoms with E-state index in [0.29, 0.717) is 0 Å². The third kappa shape index (κ3) is 2.45. The van der Waals surface area contributed by atoms with Gasteiger partial charge in [0.1, 0.15) is 5.75 Å². The van der Waals surface area contributed by atoms with Crippen LogP contribution in [0.25, 0.3) is 16.8 Å². The maximum absolute atomic E-state index is 10.5. The highest BCUT2D eigenvalue weighted by Gasteiger charge is 2.00. The van der Waals surface area contributed by atoms with E-state index in [1.54, 1.807) is 13.2 Å². The van der Waals surface area contributed by atoms with Crippen LogP contribution in [0.3, 0.4) is 0 Å². The number of carboxylic acid groups (broad SMARTS) is 1. The van der Waals surface area contributed by atoms with E-state index >= 15 is 0 Å².